The number of para-hydroxylation sites is 1. The number of rotatable bonds is 4. The first-order valence-corrected chi connectivity index (χ1v) is 7.67. The van der Waals surface area contributed by atoms with Crippen molar-refractivity contribution in [1.82, 2.24) is 4.90 Å². The zero-order valence-corrected chi connectivity index (χ0v) is 14.5. The Morgan fingerprint density at radius 2 is 1.68 bits per heavy atom. The number of ether oxygens (including phenoxy) is 3. The minimum atomic E-state index is -0.548. The summed E-state index contributed by atoms with van der Waals surface area (Å²) in [5.41, 5.74) is 1.61. The number of hydrogen-bond donors (Lipinski definition) is 2. The molecule has 132 valence electrons. The molecule has 1 aliphatic heterocycles. The maximum Gasteiger partial charge on any atom is 0.257 e. The molecule has 1 amide bonds. The van der Waals surface area contributed by atoms with Crippen LogP contribution in [0.2, 0.25) is 0 Å². The second kappa shape index (κ2) is 6.43. The molecular formula is C18H20N2O5. The topological polar surface area (TPSA) is 80.3 Å². The summed E-state index contributed by atoms with van der Waals surface area (Å²) in [6.45, 7) is 0. The van der Waals surface area contributed by atoms with Crippen LogP contribution in [0.15, 0.2) is 30.3 Å². The number of fused-ring (bicyclic) bond motifs is 1. The highest BCUT2D eigenvalue weighted by atomic mass is 16.5. The number of carbonyl (C=O) groups excluding carboxylic acids is 1. The number of phenolic OH excluding ortho intramolecular Hbond substituents is 1. The molecule has 1 aliphatic rings. The van der Waals surface area contributed by atoms with E-state index in [0.717, 1.165) is 0 Å². The molecule has 0 unspecified atom stereocenters. The van der Waals surface area contributed by atoms with Gasteiger partial charge in [-0.25, -0.2) is 0 Å². The summed E-state index contributed by atoms with van der Waals surface area (Å²) in [5.74, 6) is 1.14. The molecule has 7 nitrogen and oxygen atoms in total. The number of benzene rings is 2. The van der Waals surface area contributed by atoms with E-state index in [1.807, 2.05) is 0 Å². The molecule has 0 bridgehead atoms. The lowest BCUT2D eigenvalue weighted by molar-refractivity contribution is 0.0733. The lowest BCUT2D eigenvalue weighted by atomic mass is 10.0. The van der Waals surface area contributed by atoms with E-state index in [1.54, 1.807) is 37.4 Å². The quantitative estimate of drug-likeness (QED) is 0.887. The second-order valence-electron chi connectivity index (χ2n) is 5.61. The molecule has 2 N–H and O–H groups in total. The van der Waals surface area contributed by atoms with Crippen LogP contribution in [-0.2, 0) is 0 Å². The molecule has 0 saturated carbocycles. The van der Waals surface area contributed by atoms with Gasteiger partial charge in [0.2, 0.25) is 0 Å². The molecule has 0 radical (unpaired) electrons. The standard InChI is InChI=1S/C18H20N2O5/c1-20-17(10-6-5-7-13(23-2)16(10)21)19-12-9-15(25-4)14(24-3)8-11(12)18(20)22/h5-9,17,19,21H,1-4H3/t17-/m1/s1. The number of nitrogens with one attached hydrogen (secondary N) is 1. The van der Waals surface area contributed by atoms with Crippen LogP contribution in [0.1, 0.15) is 22.1 Å². The molecule has 2 aromatic carbocycles. The average Bonchev–Trinajstić information content (AvgIpc) is 2.64. The van der Waals surface area contributed by atoms with Crippen molar-refractivity contribution in [3.05, 3.63) is 41.5 Å². The van der Waals surface area contributed by atoms with Crippen molar-refractivity contribution < 1.29 is 24.1 Å². The number of phenols is 1. The van der Waals surface area contributed by atoms with Crippen molar-refractivity contribution in [2.75, 3.05) is 33.7 Å². The third-order valence-electron chi connectivity index (χ3n) is 4.30. The zero-order valence-electron chi connectivity index (χ0n) is 14.5. The summed E-state index contributed by atoms with van der Waals surface area (Å²) in [7, 11) is 6.20. The third-order valence-corrected chi connectivity index (χ3v) is 4.30. The second-order valence-corrected chi connectivity index (χ2v) is 5.61. The average molecular weight is 344 g/mol. The third kappa shape index (κ3) is 2.67. The van der Waals surface area contributed by atoms with E-state index < -0.39 is 6.17 Å². The van der Waals surface area contributed by atoms with Gasteiger partial charge in [-0.15, -0.1) is 0 Å². The van der Waals surface area contributed by atoms with Gasteiger partial charge in [-0.05, 0) is 12.1 Å². The summed E-state index contributed by atoms with van der Waals surface area (Å²) in [6, 6.07) is 8.51. The summed E-state index contributed by atoms with van der Waals surface area (Å²) in [5, 5.41) is 13.7. The van der Waals surface area contributed by atoms with E-state index in [4.69, 9.17) is 14.2 Å². The van der Waals surface area contributed by atoms with Crippen LogP contribution in [0.5, 0.6) is 23.0 Å². The van der Waals surface area contributed by atoms with Gasteiger partial charge >= 0.3 is 0 Å². The SMILES string of the molecule is COc1cc2c(cc1OC)C(=O)N(C)[C@H](c1cccc(OC)c1O)N2. The van der Waals surface area contributed by atoms with E-state index in [0.29, 0.717) is 34.1 Å². The highest BCUT2D eigenvalue weighted by Crippen LogP contribution is 2.42. The van der Waals surface area contributed by atoms with E-state index in [9.17, 15) is 9.90 Å². The monoisotopic (exact) mass is 344 g/mol. The van der Waals surface area contributed by atoms with Gasteiger partial charge in [-0.3, -0.25) is 4.79 Å². The first-order chi connectivity index (χ1) is 12.0. The molecule has 25 heavy (non-hydrogen) atoms. The Labute approximate surface area is 145 Å². The smallest absolute Gasteiger partial charge is 0.257 e. The van der Waals surface area contributed by atoms with Crippen LogP contribution in [0.4, 0.5) is 5.69 Å². The zero-order chi connectivity index (χ0) is 18.1. The van der Waals surface area contributed by atoms with E-state index in [-0.39, 0.29) is 11.7 Å². The number of aromatic hydroxyl groups is 1. The maximum atomic E-state index is 12.8. The predicted octanol–water partition coefficient (Wildman–Crippen LogP) is 2.61. The predicted molar refractivity (Wildman–Crippen MR) is 92.7 cm³/mol. The maximum absolute atomic E-state index is 12.8. The Balaban J connectivity index is 2.09. The summed E-state index contributed by atoms with van der Waals surface area (Å²) in [6.07, 6.45) is -0.548. The molecule has 1 heterocycles. The summed E-state index contributed by atoms with van der Waals surface area (Å²) < 4.78 is 15.7. The van der Waals surface area contributed by atoms with Gasteiger partial charge in [-0.1, -0.05) is 12.1 Å². The van der Waals surface area contributed by atoms with Gasteiger partial charge in [-0.2, -0.15) is 0 Å². The van der Waals surface area contributed by atoms with Crippen molar-refractivity contribution >= 4 is 11.6 Å². The highest BCUT2D eigenvalue weighted by Gasteiger charge is 2.33. The van der Waals surface area contributed by atoms with Crippen LogP contribution in [-0.4, -0.2) is 44.3 Å². The number of methoxy groups -OCH3 is 3. The first kappa shape index (κ1) is 16.8. The number of hydrogen-bond acceptors (Lipinski definition) is 6. The van der Waals surface area contributed by atoms with Gasteiger partial charge in [0.15, 0.2) is 23.0 Å². The molecule has 7 heteroatoms. The van der Waals surface area contributed by atoms with E-state index in [2.05, 4.69) is 5.32 Å². The molecular weight excluding hydrogens is 324 g/mol. The fourth-order valence-electron chi connectivity index (χ4n) is 2.94. The lowest BCUT2D eigenvalue weighted by Gasteiger charge is -2.36. The Hall–Kier alpha value is -3.09. The Kier molecular flexibility index (Phi) is 4.31. The van der Waals surface area contributed by atoms with Crippen LogP contribution in [0.3, 0.4) is 0 Å². The van der Waals surface area contributed by atoms with Crippen molar-refractivity contribution in [2.24, 2.45) is 0 Å². The lowest BCUT2D eigenvalue weighted by Crippen LogP contribution is -2.40. The van der Waals surface area contributed by atoms with Gasteiger partial charge in [0, 0.05) is 18.7 Å². The van der Waals surface area contributed by atoms with E-state index >= 15 is 0 Å². The summed E-state index contributed by atoms with van der Waals surface area (Å²) in [4.78, 5) is 14.3. The molecule has 1 atom stereocenters. The molecule has 0 aliphatic carbocycles. The Morgan fingerprint density at radius 3 is 2.32 bits per heavy atom. The number of nitrogens with zero attached hydrogens (tertiary/aromatic N) is 1. The molecule has 3 rings (SSSR count). The minimum absolute atomic E-state index is 0.00826. The van der Waals surface area contributed by atoms with E-state index in [1.165, 1.54) is 26.2 Å². The molecule has 2 aromatic rings. The summed E-state index contributed by atoms with van der Waals surface area (Å²) >= 11 is 0. The Morgan fingerprint density at radius 1 is 1.04 bits per heavy atom. The van der Waals surface area contributed by atoms with Crippen molar-refractivity contribution in [1.29, 1.82) is 0 Å². The number of amides is 1. The van der Waals surface area contributed by atoms with Gasteiger partial charge < -0.3 is 29.5 Å². The molecule has 0 spiro atoms. The van der Waals surface area contributed by atoms with Gasteiger partial charge in [0.05, 0.1) is 32.6 Å². The number of anilines is 1. The van der Waals surface area contributed by atoms with Crippen LogP contribution >= 0.6 is 0 Å². The first-order valence-electron chi connectivity index (χ1n) is 7.67. The molecule has 0 aromatic heterocycles. The fourth-order valence-corrected chi connectivity index (χ4v) is 2.94. The van der Waals surface area contributed by atoms with Crippen LogP contribution < -0.4 is 19.5 Å². The largest absolute Gasteiger partial charge is 0.504 e. The highest BCUT2D eigenvalue weighted by molar-refractivity contribution is 6.02. The van der Waals surface area contributed by atoms with Crippen LogP contribution in [0, 0.1) is 0 Å². The van der Waals surface area contributed by atoms with Gasteiger partial charge in [0.25, 0.3) is 5.91 Å². The molecule has 0 fully saturated rings. The Bertz CT molecular complexity index is 821. The minimum Gasteiger partial charge on any atom is -0.504 e. The fraction of sp³-hybridized carbons (Fsp3) is 0.278. The van der Waals surface area contributed by atoms with Crippen molar-refractivity contribution in [3.8, 4) is 23.0 Å². The van der Waals surface area contributed by atoms with Crippen LogP contribution in [0.25, 0.3) is 0 Å². The van der Waals surface area contributed by atoms with Gasteiger partial charge in [0.1, 0.15) is 6.17 Å². The molecule has 0 saturated heterocycles. The normalized spacial score (nSPS) is 16.1. The number of carbonyl (C=O) groups is 1. The van der Waals surface area contributed by atoms with Crippen molar-refractivity contribution in [2.45, 2.75) is 6.17 Å². The van der Waals surface area contributed by atoms with Crippen molar-refractivity contribution in [3.63, 3.8) is 0 Å².